The molecular formula is C43H88O7Si4. The summed E-state index contributed by atoms with van der Waals surface area (Å²) >= 11 is 0. The highest BCUT2D eigenvalue weighted by atomic mass is 28.4. The first-order valence-electron chi connectivity index (χ1n) is 20.8. The van der Waals surface area contributed by atoms with Gasteiger partial charge in [-0.15, -0.1) is 0 Å². The van der Waals surface area contributed by atoms with Gasteiger partial charge in [0.2, 0.25) is 0 Å². The molecule has 0 aliphatic carbocycles. The molecular weight excluding hydrogens is 741 g/mol. The van der Waals surface area contributed by atoms with Crippen molar-refractivity contribution in [1.82, 2.24) is 0 Å². The van der Waals surface area contributed by atoms with Crippen molar-refractivity contribution in [1.29, 1.82) is 0 Å². The molecule has 11 heteroatoms. The molecule has 0 bridgehead atoms. The van der Waals surface area contributed by atoms with Crippen LogP contribution in [0.1, 0.15) is 124 Å². The molecule has 0 amide bonds. The van der Waals surface area contributed by atoms with E-state index in [1.54, 1.807) is 0 Å². The molecule has 318 valence electrons. The van der Waals surface area contributed by atoms with E-state index in [0.29, 0.717) is 6.42 Å². The summed E-state index contributed by atoms with van der Waals surface area (Å²) in [5.74, 6) is -1.15. The van der Waals surface area contributed by atoms with E-state index in [2.05, 4.69) is 161 Å². The second-order valence-electron chi connectivity index (χ2n) is 22.7. The van der Waals surface area contributed by atoms with Crippen molar-refractivity contribution < 1.29 is 32.0 Å². The van der Waals surface area contributed by atoms with Crippen LogP contribution in [0.25, 0.3) is 0 Å². The average Bonchev–Trinajstić information content (AvgIpc) is 3.66. The largest absolute Gasteiger partial charge is 0.416 e. The molecule has 7 nitrogen and oxygen atoms in total. The van der Waals surface area contributed by atoms with Crippen LogP contribution in [0.3, 0.4) is 0 Å². The predicted octanol–water partition coefficient (Wildman–Crippen LogP) is 12.4. The Morgan fingerprint density at radius 1 is 0.685 bits per heavy atom. The minimum atomic E-state index is -2.47. The van der Waals surface area contributed by atoms with E-state index in [4.69, 9.17) is 22.4 Å². The molecule has 7 atom stereocenters. The predicted molar refractivity (Wildman–Crippen MR) is 240 cm³/mol. The van der Waals surface area contributed by atoms with Crippen LogP contribution in [0, 0.1) is 17.8 Å². The number of hydrogen-bond acceptors (Lipinski definition) is 7. The van der Waals surface area contributed by atoms with Crippen LogP contribution in [0.2, 0.25) is 72.5 Å². The summed E-state index contributed by atoms with van der Waals surface area (Å²) in [6.45, 7) is 53.2. The Kier molecular flexibility index (Phi) is 17.2. The maximum atomic E-state index is 16.0. The Morgan fingerprint density at radius 3 is 1.44 bits per heavy atom. The highest BCUT2D eigenvalue weighted by Crippen LogP contribution is 2.52. The summed E-state index contributed by atoms with van der Waals surface area (Å²) in [6, 6.07) is 0. The van der Waals surface area contributed by atoms with Crippen LogP contribution in [0.4, 0.5) is 0 Å². The topological polar surface area (TPSA) is 83.6 Å². The summed E-state index contributed by atoms with van der Waals surface area (Å²) in [4.78, 5) is 29.5. The Morgan fingerprint density at radius 2 is 1.07 bits per heavy atom. The summed E-state index contributed by atoms with van der Waals surface area (Å²) in [6.07, 6.45) is 3.48. The Balaban J connectivity index is 4.25. The lowest BCUT2D eigenvalue weighted by Crippen LogP contribution is -2.57. The zero-order chi connectivity index (χ0) is 42.9. The van der Waals surface area contributed by atoms with E-state index in [0.717, 1.165) is 0 Å². The molecule has 0 radical (unpaired) electrons. The van der Waals surface area contributed by atoms with Crippen molar-refractivity contribution in [2.75, 3.05) is 13.2 Å². The highest BCUT2D eigenvalue weighted by molar-refractivity contribution is 6.75. The van der Waals surface area contributed by atoms with Crippen molar-refractivity contribution in [3.8, 4) is 0 Å². The highest BCUT2D eigenvalue weighted by Gasteiger charge is 2.65. The fraction of sp³-hybridized carbons (Fsp3) is 0.907. The number of Topliss-reactive ketones (excluding diaryl/α,β-unsaturated/α-hetero) is 2. The van der Waals surface area contributed by atoms with Gasteiger partial charge in [0.15, 0.2) is 33.3 Å². The zero-order valence-electron chi connectivity index (χ0n) is 39.8. The smallest absolute Gasteiger partial charge is 0.192 e. The molecule has 0 unspecified atom stereocenters. The second kappa shape index (κ2) is 17.9. The maximum absolute atomic E-state index is 16.0. The molecule has 1 heterocycles. The molecule has 0 aromatic heterocycles. The molecule has 0 aromatic carbocycles. The average molecular weight is 830 g/mol. The van der Waals surface area contributed by atoms with E-state index in [-0.39, 0.29) is 63.4 Å². The third kappa shape index (κ3) is 12.9. The molecule has 54 heavy (non-hydrogen) atoms. The summed E-state index contributed by atoms with van der Waals surface area (Å²) in [7, 11) is -9.57. The number of hydrogen-bond donors (Lipinski definition) is 0. The van der Waals surface area contributed by atoms with Crippen LogP contribution in [-0.4, -0.2) is 82.0 Å². The lowest BCUT2D eigenvalue weighted by molar-refractivity contribution is -0.139. The van der Waals surface area contributed by atoms with Gasteiger partial charge in [-0.2, -0.15) is 0 Å². The number of ether oxygens (including phenoxy) is 1. The first-order chi connectivity index (χ1) is 23.8. The van der Waals surface area contributed by atoms with Gasteiger partial charge < -0.3 is 22.4 Å². The number of rotatable bonds is 20. The van der Waals surface area contributed by atoms with Crippen LogP contribution < -0.4 is 0 Å². The van der Waals surface area contributed by atoms with Crippen LogP contribution in [0.15, 0.2) is 12.2 Å². The fourth-order valence-corrected chi connectivity index (χ4v) is 10.6. The van der Waals surface area contributed by atoms with Gasteiger partial charge in [-0.3, -0.25) is 9.59 Å². The third-order valence-electron chi connectivity index (χ3n) is 14.1. The van der Waals surface area contributed by atoms with Gasteiger partial charge >= 0.3 is 0 Å². The molecule has 0 aromatic rings. The minimum Gasteiger partial charge on any atom is -0.416 e. The molecule has 1 fully saturated rings. The van der Waals surface area contributed by atoms with Gasteiger partial charge in [0, 0.05) is 32.0 Å². The standard InChI is InChI=1S/C43H88O7Si4/c1-25-27-31(3)37-43(16,48-37)38(50-54(23,24)42(13,14)15)34(30-47-52(19,20)40(7,8)9)36(45)33(29-46-51(17,18)39(4,5)6)35(28-32(44)26-2)49-53(21,22)41(10,11)12/h25,27,31,33-35,37-38H,26,28-30H2,1-24H3/b27-25-/t31-,33+,34-,35+,37+,38-,43+/m0/s1. The SMILES string of the molecule is C/C=C\[C@H](C)[C@H]1O[C@@]1(C)[C@@H](O[Si](C)(C)C(C)(C)C)[C@@H](CO[Si](C)(C)C(C)(C)C)C(=O)[C@H](CO[Si](C)(C)C(C)(C)C)[C@@H](CC(=O)CC)O[Si](C)(C)C(C)(C)C. The first-order valence-corrected chi connectivity index (χ1v) is 32.5. The van der Waals surface area contributed by atoms with Crippen LogP contribution in [0.5, 0.6) is 0 Å². The normalized spacial score (nSPS) is 22.6. The van der Waals surface area contributed by atoms with E-state index in [9.17, 15) is 4.79 Å². The number of carbonyl (C=O) groups is 2. The summed E-state index contributed by atoms with van der Waals surface area (Å²) < 4.78 is 35.5. The third-order valence-corrected chi connectivity index (χ3v) is 32.1. The quantitative estimate of drug-likeness (QED) is 0.0686. The van der Waals surface area contributed by atoms with Crippen molar-refractivity contribution >= 4 is 44.8 Å². The number of allylic oxidation sites excluding steroid dienone is 1. The van der Waals surface area contributed by atoms with Gasteiger partial charge in [0.25, 0.3) is 0 Å². The molecule has 1 rings (SSSR count). The van der Waals surface area contributed by atoms with Crippen molar-refractivity contribution in [2.45, 2.75) is 220 Å². The molecule has 0 spiro atoms. The van der Waals surface area contributed by atoms with E-state index >= 15 is 4.79 Å². The molecule has 1 aliphatic heterocycles. The van der Waals surface area contributed by atoms with Crippen LogP contribution in [-0.2, 0) is 32.0 Å². The second-order valence-corrected chi connectivity index (χ2v) is 41.8. The first kappa shape index (κ1) is 51.8. The van der Waals surface area contributed by atoms with E-state index in [1.807, 2.05) is 13.8 Å². The minimum absolute atomic E-state index is 0.00194. The lowest BCUT2D eigenvalue weighted by atomic mass is 9.79. The maximum Gasteiger partial charge on any atom is 0.192 e. The van der Waals surface area contributed by atoms with Crippen molar-refractivity contribution in [3.05, 3.63) is 12.2 Å². The summed E-state index contributed by atoms with van der Waals surface area (Å²) in [5, 5.41) is -0.370. The Hall–Kier alpha value is -0.252. The van der Waals surface area contributed by atoms with E-state index < -0.39 is 62.9 Å². The van der Waals surface area contributed by atoms with Gasteiger partial charge in [0.05, 0.1) is 30.1 Å². The van der Waals surface area contributed by atoms with Gasteiger partial charge in [-0.1, -0.05) is 109 Å². The lowest BCUT2D eigenvalue weighted by Gasteiger charge is -2.46. The Bertz CT molecular complexity index is 1280. The van der Waals surface area contributed by atoms with Gasteiger partial charge in [-0.05, 0) is 86.4 Å². The number of carbonyl (C=O) groups excluding carboxylic acids is 2. The van der Waals surface area contributed by atoms with Crippen molar-refractivity contribution in [2.24, 2.45) is 17.8 Å². The molecule has 0 saturated carbocycles. The van der Waals surface area contributed by atoms with Crippen LogP contribution >= 0.6 is 0 Å². The number of ketones is 2. The Labute approximate surface area is 338 Å². The molecule has 0 N–H and O–H groups in total. The van der Waals surface area contributed by atoms with Gasteiger partial charge in [0.1, 0.15) is 17.2 Å². The number of epoxide rings is 1. The monoisotopic (exact) mass is 829 g/mol. The van der Waals surface area contributed by atoms with Crippen molar-refractivity contribution in [3.63, 3.8) is 0 Å². The zero-order valence-corrected chi connectivity index (χ0v) is 43.8. The van der Waals surface area contributed by atoms with E-state index in [1.165, 1.54) is 0 Å². The summed E-state index contributed by atoms with van der Waals surface area (Å²) in [5.41, 5.74) is -0.717. The van der Waals surface area contributed by atoms with Gasteiger partial charge in [-0.25, -0.2) is 0 Å². The fourth-order valence-electron chi connectivity index (χ4n) is 5.78. The molecule has 1 aliphatic rings. The molecule has 1 saturated heterocycles.